The smallest absolute Gasteiger partial charge is 0.335 e. The average Bonchev–Trinajstić information content (AvgIpc) is 2.66. The number of hydrogen-bond donors (Lipinski definition) is 1. The normalized spacial score (nSPS) is 12.5. The number of ether oxygens (including phenoxy) is 1. The lowest BCUT2D eigenvalue weighted by Gasteiger charge is -2.11. The Hall–Kier alpha value is -0.880. The summed E-state index contributed by atoms with van der Waals surface area (Å²) in [5, 5.41) is 14.2. The van der Waals surface area contributed by atoms with Crippen LogP contribution in [-0.2, 0) is 28.9 Å². The van der Waals surface area contributed by atoms with Crippen LogP contribution in [0.15, 0.2) is 4.47 Å². The summed E-state index contributed by atoms with van der Waals surface area (Å²) in [6.07, 6.45) is -0.135. The van der Waals surface area contributed by atoms with Crippen LogP contribution >= 0.6 is 15.9 Å². The fourth-order valence-corrected chi connectivity index (χ4v) is 2.44. The van der Waals surface area contributed by atoms with Crippen LogP contribution in [0.25, 0.3) is 0 Å². The minimum absolute atomic E-state index is 0.209. The molecule has 1 heterocycles. The first-order chi connectivity index (χ1) is 8.54. The Morgan fingerprint density at radius 3 is 2.67 bits per heavy atom. The molecule has 0 spiro atoms. The molecular weight excluding hydrogens is 300 g/mol. The van der Waals surface area contributed by atoms with E-state index < -0.39 is 12.1 Å². The summed E-state index contributed by atoms with van der Waals surface area (Å²) < 4.78 is 7.46. The van der Waals surface area contributed by atoms with Gasteiger partial charge in [0.15, 0.2) is 6.10 Å². The quantitative estimate of drug-likeness (QED) is 0.811. The zero-order valence-corrected chi connectivity index (χ0v) is 12.5. The van der Waals surface area contributed by atoms with Gasteiger partial charge in [-0.15, -0.1) is 0 Å². The number of esters is 1. The number of carbonyl (C=O) groups is 1. The lowest BCUT2D eigenvalue weighted by atomic mass is 10.2. The summed E-state index contributed by atoms with van der Waals surface area (Å²) in [6.45, 7) is 6.66. The molecule has 102 valence electrons. The Bertz CT molecular complexity index is 418. The molecule has 0 bridgehead atoms. The first-order valence-corrected chi connectivity index (χ1v) is 6.93. The minimum atomic E-state index is -1.15. The summed E-state index contributed by atoms with van der Waals surface area (Å²) in [5.74, 6) is -0.591. The van der Waals surface area contributed by atoms with Gasteiger partial charge in [0.05, 0.1) is 22.5 Å². The van der Waals surface area contributed by atoms with Crippen molar-refractivity contribution in [1.82, 2.24) is 9.78 Å². The lowest BCUT2D eigenvalue weighted by molar-refractivity contribution is -0.152. The lowest BCUT2D eigenvalue weighted by Crippen LogP contribution is -2.26. The van der Waals surface area contributed by atoms with Gasteiger partial charge in [-0.25, -0.2) is 4.79 Å². The SMILES string of the molecule is CCOC(=O)C(O)Cc1c(Br)c(CC)nn1CC. The van der Waals surface area contributed by atoms with Crippen molar-refractivity contribution in [2.45, 2.75) is 46.3 Å². The molecular formula is C12H19BrN2O3. The van der Waals surface area contributed by atoms with E-state index in [-0.39, 0.29) is 13.0 Å². The van der Waals surface area contributed by atoms with Crippen molar-refractivity contribution < 1.29 is 14.6 Å². The number of hydrogen-bond acceptors (Lipinski definition) is 4. The zero-order valence-electron chi connectivity index (χ0n) is 10.9. The number of carbonyl (C=O) groups excluding carboxylic acids is 1. The Balaban J connectivity index is 2.89. The zero-order chi connectivity index (χ0) is 13.7. The molecule has 1 rings (SSSR count). The highest BCUT2D eigenvalue weighted by Crippen LogP contribution is 2.23. The molecule has 6 heteroatoms. The van der Waals surface area contributed by atoms with Crippen LogP contribution in [0.5, 0.6) is 0 Å². The van der Waals surface area contributed by atoms with Gasteiger partial charge in [0.25, 0.3) is 0 Å². The van der Waals surface area contributed by atoms with Gasteiger partial charge < -0.3 is 9.84 Å². The second-order valence-corrected chi connectivity index (χ2v) is 4.64. The van der Waals surface area contributed by atoms with E-state index in [1.807, 2.05) is 13.8 Å². The number of aryl methyl sites for hydroxylation is 2. The third-order valence-electron chi connectivity index (χ3n) is 2.64. The van der Waals surface area contributed by atoms with Gasteiger partial charge in [0, 0.05) is 13.0 Å². The van der Waals surface area contributed by atoms with E-state index >= 15 is 0 Å². The first-order valence-electron chi connectivity index (χ1n) is 6.13. The Kier molecular flexibility index (Phi) is 5.81. The van der Waals surface area contributed by atoms with E-state index in [0.29, 0.717) is 6.54 Å². The Labute approximate surface area is 115 Å². The molecule has 18 heavy (non-hydrogen) atoms. The van der Waals surface area contributed by atoms with Crippen LogP contribution in [0.4, 0.5) is 0 Å². The van der Waals surface area contributed by atoms with Crippen LogP contribution in [-0.4, -0.2) is 33.6 Å². The van der Waals surface area contributed by atoms with Crippen molar-refractivity contribution in [3.63, 3.8) is 0 Å². The van der Waals surface area contributed by atoms with Crippen molar-refractivity contribution in [2.24, 2.45) is 0 Å². The average molecular weight is 319 g/mol. The van der Waals surface area contributed by atoms with E-state index in [1.165, 1.54) is 0 Å². The maximum Gasteiger partial charge on any atom is 0.335 e. The molecule has 0 fully saturated rings. The standard InChI is InChI=1S/C12H19BrN2O3/c1-4-8-11(13)9(15(5-2)14-8)7-10(16)12(17)18-6-3/h10,16H,4-7H2,1-3H3. The van der Waals surface area contributed by atoms with E-state index in [9.17, 15) is 9.90 Å². The molecule has 1 unspecified atom stereocenters. The second kappa shape index (κ2) is 6.89. The number of aromatic nitrogens is 2. The molecule has 0 aliphatic rings. The van der Waals surface area contributed by atoms with Crippen molar-refractivity contribution in [1.29, 1.82) is 0 Å². The predicted molar refractivity (Wildman–Crippen MR) is 71.3 cm³/mol. The maximum absolute atomic E-state index is 11.4. The summed E-state index contributed by atoms with van der Waals surface area (Å²) in [5.41, 5.74) is 1.76. The fourth-order valence-electron chi connectivity index (χ4n) is 1.72. The first kappa shape index (κ1) is 15.2. The second-order valence-electron chi connectivity index (χ2n) is 3.85. The van der Waals surface area contributed by atoms with Crippen molar-refractivity contribution in [2.75, 3.05) is 6.61 Å². The van der Waals surface area contributed by atoms with Crippen LogP contribution < -0.4 is 0 Å². The van der Waals surface area contributed by atoms with Crippen LogP contribution in [0.2, 0.25) is 0 Å². The third kappa shape index (κ3) is 3.32. The van der Waals surface area contributed by atoms with Gasteiger partial charge in [-0.3, -0.25) is 4.68 Å². The van der Waals surface area contributed by atoms with Crippen molar-refractivity contribution in [3.05, 3.63) is 15.9 Å². The summed E-state index contributed by atoms with van der Waals surface area (Å²) in [7, 11) is 0. The molecule has 1 aromatic rings. The summed E-state index contributed by atoms with van der Waals surface area (Å²) in [4.78, 5) is 11.4. The highest BCUT2D eigenvalue weighted by Gasteiger charge is 2.22. The van der Waals surface area contributed by atoms with Crippen LogP contribution in [0, 0.1) is 0 Å². The molecule has 5 nitrogen and oxygen atoms in total. The largest absolute Gasteiger partial charge is 0.464 e. The van der Waals surface area contributed by atoms with E-state index in [0.717, 1.165) is 22.3 Å². The molecule has 1 atom stereocenters. The topological polar surface area (TPSA) is 64.3 Å². The molecule has 1 aromatic heterocycles. The fraction of sp³-hybridized carbons (Fsp3) is 0.667. The molecule has 0 radical (unpaired) electrons. The van der Waals surface area contributed by atoms with Crippen molar-refractivity contribution in [3.8, 4) is 0 Å². The molecule has 1 N–H and O–H groups in total. The van der Waals surface area contributed by atoms with E-state index in [2.05, 4.69) is 21.0 Å². The van der Waals surface area contributed by atoms with Gasteiger partial charge in [0.1, 0.15) is 0 Å². The highest BCUT2D eigenvalue weighted by molar-refractivity contribution is 9.10. The molecule has 0 aromatic carbocycles. The summed E-state index contributed by atoms with van der Waals surface area (Å²) in [6, 6.07) is 0. The number of aliphatic hydroxyl groups is 1. The molecule has 0 amide bonds. The van der Waals surface area contributed by atoms with Crippen LogP contribution in [0.3, 0.4) is 0 Å². The van der Waals surface area contributed by atoms with Crippen molar-refractivity contribution >= 4 is 21.9 Å². The molecule has 0 saturated carbocycles. The monoisotopic (exact) mass is 318 g/mol. The molecule has 0 aliphatic carbocycles. The molecule has 0 aliphatic heterocycles. The van der Waals surface area contributed by atoms with Gasteiger partial charge in [-0.2, -0.15) is 5.10 Å². The molecule has 0 saturated heterocycles. The van der Waals surface area contributed by atoms with Crippen LogP contribution in [0.1, 0.15) is 32.2 Å². The number of rotatable bonds is 6. The van der Waals surface area contributed by atoms with Gasteiger partial charge >= 0.3 is 5.97 Å². The highest BCUT2D eigenvalue weighted by atomic mass is 79.9. The van der Waals surface area contributed by atoms with Gasteiger partial charge in [-0.05, 0) is 36.2 Å². The van der Waals surface area contributed by atoms with E-state index in [1.54, 1.807) is 11.6 Å². The number of aliphatic hydroxyl groups excluding tert-OH is 1. The number of halogens is 1. The van der Waals surface area contributed by atoms with E-state index in [4.69, 9.17) is 4.74 Å². The maximum atomic E-state index is 11.4. The third-order valence-corrected chi connectivity index (χ3v) is 3.55. The Morgan fingerprint density at radius 1 is 1.50 bits per heavy atom. The Morgan fingerprint density at radius 2 is 2.17 bits per heavy atom. The number of nitrogens with zero attached hydrogens (tertiary/aromatic N) is 2. The predicted octanol–water partition coefficient (Wildman–Crippen LogP) is 1.69. The summed E-state index contributed by atoms with van der Waals surface area (Å²) >= 11 is 3.47. The van der Waals surface area contributed by atoms with Gasteiger partial charge in [-0.1, -0.05) is 6.92 Å². The van der Waals surface area contributed by atoms with Gasteiger partial charge in [0.2, 0.25) is 0 Å². The minimum Gasteiger partial charge on any atom is -0.464 e.